The van der Waals surface area contributed by atoms with Crippen LogP contribution in [0.4, 0.5) is 0 Å². The molecule has 0 spiro atoms. The van der Waals surface area contributed by atoms with Crippen LogP contribution >= 0.6 is 0 Å². The lowest BCUT2D eigenvalue weighted by Crippen LogP contribution is -2.38. The third kappa shape index (κ3) is 5.50. The Balaban J connectivity index is 2.08. The van der Waals surface area contributed by atoms with Crippen molar-refractivity contribution in [3.8, 4) is 0 Å². The Morgan fingerprint density at radius 2 is 1.93 bits per heavy atom. The third-order valence-corrected chi connectivity index (χ3v) is 3.54. The Morgan fingerprint density at radius 3 is 2.40 bits per heavy atom. The highest BCUT2D eigenvalue weighted by Gasteiger charge is 2.22. The Kier molecular flexibility index (Phi) is 6.22. The molecule has 1 rings (SSSR count). The summed E-state index contributed by atoms with van der Waals surface area (Å²) in [6.07, 6.45) is 6.71. The fourth-order valence-corrected chi connectivity index (χ4v) is 2.03. The van der Waals surface area contributed by atoms with Crippen LogP contribution < -0.4 is 11.3 Å². The van der Waals surface area contributed by atoms with Gasteiger partial charge >= 0.3 is 0 Å². The molecule has 0 radical (unpaired) electrons. The fourth-order valence-electron chi connectivity index (χ4n) is 2.03. The van der Waals surface area contributed by atoms with E-state index in [4.69, 9.17) is 5.84 Å². The average molecular weight is 213 g/mol. The first-order valence-corrected chi connectivity index (χ1v) is 6.48. The Labute approximate surface area is 94.4 Å². The summed E-state index contributed by atoms with van der Waals surface area (Å²) in [5, 5.41) is 0. The maximum Gasteiger partial charge on any atom is 0.0222 e. The van der Waals surface area contributed by atoms with Crippen LogP contribution in [0.1, 0.15) is 46.0 Å². The van der Waals surface area contributed by atoms with Crippen LogP contribution in [-0.4, -0.2) is 30.6 Å². The van der Waals surface area contributed by atoms with Crippen LogP contribution in [0, 0.1) is 5.92 Å². The summed E-state index contributed by atoms with van der Waals surface area (Å²) in [6, 6.07) is 0.520. The molecule has 3 N–H and O–H groups in total. The van der Waals surface area contributed by atoms with Crippen molar-refractivity contribution in [3.63, 3.8) is 0 Å². The number of nitrogens with two attached hydrogens (primary N) is 1. The normalized spacial score (nSPS) is 18.4. The highest BCUT2D eigenvalue weighted by Crippen LogP contribution is 2.34. The second-order valence-corrected chi connectivity index (χ2v) is 4.70. The van der Waals surface area contributed by atoms with Gasteiger partial charge in [-0.2, -0.15) is 0 Å². The summed E-state index contributed by atoms with van der Waals surface area (Å²) in [5.41, 5.74) is 2.96. The first-order valence-electron chi connectivity index (χ1n) is 6.48. The Morgan fingerprint density at radius 1 is 1.27 bits per heavy atom. The van der Waals surface area contributed by atoms with Gasteiger partial charge in [-0.15, -0.1) is 0 Å². The molecule has 3 heteroatoms. The van der Waals surface area contributed by atoms with Gasteiger partial charge in [-0.3, -0.25) is 11.3 Å². The van der Waals surface area contributed by atoms with Crippen LogP contribution in [0.15, 0.2) is 0 Å². The molecular formula is C12H27N3. The molecule has 1 saturated carbocycles. The van der Waals surface area contributed by atoms with E-state index in [1.165, 1.54) is 38.6 Å². The number of hydrazine groups is 1. The zero-order valence-corrected chi connectivity index (χ0v) is 10.3. The Bertz CT molecular complexity index is 153. The molecule has 3 nitrogen and oxygen atoms in total. The smallest absolute Gasteiger partial charge is 0.0222 e. The van der Waals surface area contributed by atoms with E-state index in [1.54, 1.807) is 0 Å². The van der Waals surface area contributed by atoms with Crippen LogP contribution in [-0.2, 0) is 0 Å². The van der Waals surface area contributed by atoms with Gasteiger partial charge in [-0.25, -0.2) is 0 Å². The van der Waals surface area contributed by atoms with E-state index in [2.05, 4.69) is 24.2 Å². The molecule has 0 heterocycles. The molecule has 0 bridgehead atoms. The second kappa shape index (κ2) is 7.20. The predicted octanol–water partition coefficient (Wildman–Crippen LogP) is 1.74. The zero-order chi connectivity index (χ0) is 11.1. The maximum absolute atomic E-state index is 5.58. The summed E-state index contributed by atoms with van der Waals surface area (Å²) in [6.45, 7) is 7.91. The van der Waals surface area contributed by atoms with Crippen molar-refractivity contribution in [2.45, 2.75) is 52.0 Å². The SMILES string of the molecule is CCN(CC)CCC(CCC1CC1)NN. The number of rotatable bonds is 9. The largest absolute Gasteiger partial charge is 0.304 e. The minimum Gasteiger partial charge on any atom is -0.304 e. The first kappa shape index (κ1) is 12.9. The van der Waals surface area contributed by atoms with E-state index in [-0.39, 0.29) is 0 Å². The first-order chi connectivity index (χ1) is 7.30. The molecule has 0 aliphatic heterocycles. The van der Waals surface area contributed by atoms with Crippen molar-refractivity contribution >= 4 is 0 Å². The molecule has 0 aromatic carbocycles. The molecule has 0 amide bonds. The molecule has 15 heavy (non-hydrogen) atoms. The van der Waals surface area contributed by atoms with Crippen molar-refractivity contribution < 1.29 is 0 Å². The maximum atomic E-state index is 5.58. The molecule has 1 unspecified atom stereocenters. The van der Waals surface area contributed by atoms with E-state index in [0.717, 1.165) is 19.0 Å². The Hall–Kier alpha value is -0.120. The summed E-state index contributed by atoms with van der Waals surface area (Å²) in [4.78, 5) is 2.46. The average Bonchev–Trinajstić information content (AvgIpc) is 3.07. The zero-order valence-electron chi connectivity index (χ0n) is 10.3. The summed E-state index contributed by atoms with van der Waals surface area (Å²) in [7, 11) is 0. The van der Waals surface area contributed by atoms with Gasteiger partial charge in [-0.05, 0) is 44.8 Å². The molecule has 1 atom stereocenters. The number of hydrogen-bond donors (Lipinski definition) is 2. The van der Waals surface area contributed by atoms with E-state index < -0.39 is 0 Å². The van der Waals surface area contributed by atoms with Gasteiger partial charge in [0.2, 0.25) is 0 Å². The van der Waals surface area contributed by atoms with Crippen LogP contribution in [0.3, 0.4) is 0 Å². The van der Waals surface area contributed by atoms with Crippen molar-refractivity contribution in [1.82, 2.24) is 10.3 Å². The van der Waals surface area contributed by atoms with Gasteiger partial charge in [0.1, 0.15) is 0 Å². The molecule has 0 aromatic rings. The highest BCUT2D eigenvalue weighted by molar-refractivity contribution is 4.76. The number of hydrogen-bond acceptors (Lipinski definition) is 3. The number of nitrogens with zero attached hydrogens (tertiary/aromatic N) is 1. The van der Waals surface area contributed by atoms with Crippen molar-refractivity contribution in [3.05, 3.63) is 0 Å². The molecular weight excluding hydrogens is 186 g/mol. The minimum absolute atomic E-state index is 0.520. The fraction of sp³-hybridized carbons (Fsp3) is 1.00. The van der Waals surface area contributed by atoms with E-state index in [0.29, 0.717) is 6.04 Å². The lowest BCUT2D eigenvalue weighted by Gasteiger charge is -2.22. The third-order valence-electron chi connectivity index (χ3n) is 3.54. The number of nitrogens with one attached hydrogen (secondary N) is 1. The lowest BCUT2D eigenvalue weighted by atomic mass is 10.1. The summed E-state index contributed by atoms with van der Waals surface area (Å²) >= 11 is 0. The molecule has 1 fully saturated rings. The summed E-state index contributed by atoms with van der Waals surface area (Å²) < 4.78 is 0. The molecule has 1 aliphatic carbocycles. The van der Waals surface area contributed by atoms with Gasteiger partial charge in [0.25, 0.3) is 0 Å². The standard InChI is InChI=1S/C12H27N3/c1-3-15(4-2)10-9-12(14-13)8-7-11-5-6-11/h11-12,14H,3-10,13H2,1-2H3. The van der Waals surface area contributed by atoms with Gasteiger partial charge in [0, 0.05) is 6.04 Å². The summed E-state index contributed by atoms with van der Waals surface area (Å²) in [5.74, 6) is 6.60. The van der Waals surface area contributed by atoms with Gasteiger partial charge in [-0.1, -0.05) is 26.7 Å². The highest BCUT2D eigenvalue weighted by atomic mass is 15.2. The van der Waals surface area contributed by atoms with Crippen LogP contribution in [0.2, 0.25) is 0 Å². The molecule has 0 aromatic heterocycles. The van der Waals surface area contributed by atoms with Crippen LogP contribution in [0.25, 0.3) is 0 Å². The van der Waals surface area contributed by atoms with Gasteiger partial charge in [0.05, 0.1) is 0 Å². The lowest BCUT2D eigenvalue weighted by molar-refractivity contribution is 0.276. The molecule has 90 valence electrons. The van der Waals surface area contributed by atoms with Crippen molar-refractivity contribution in [2.24, 2.45) is 11.8 Å². The van der Waals surface area contributed by atoms with Gasteiger partial charge < -0.3 is 4.90 Å². The van der Waals surface area contributed by atoms with E-state index in [9.17, 15) is 0 Å². The van der Waals surface area contributed by atoms with E-state index in [1.807, 2.05) is 0 Å². The van der Waals surface area contributed by atoms with Crippen LogP contribution in [0.5, 0.6) is 0 Å². The molecule has 1 aliphatic rings. The van der Waals surface area contributed by atoms with Crippen molar-refractivity contribution in [2.75, 3.05) is 19.6 Å². The monoisotopic (exact) mass is 213 g/mol. The van der Waals surface area contributed by atoms with Crippen molar-refractivity contribution in [1.29, 1.82) is 0 Å². The quantitative estimate of drug-likeness (QED) is 0.453. The van der Waals surface area contributed by atoms with E-state index >= 15 is 0 Å². The molecule has 0 saturated heterocycles. The van der Waals surface area contributed by atoms with Gasteiger partial charge in [0.15, 0.2) is 0 Å². The minimum atomic E-state index is 0.520. The predicted molar refractivity (Wildman–Crippen MR) is 65.5 cm³/mol. The topological polar surface area (TPSA) is 41.3 Å². The second-order valence-electron chi connectivity index (χ2n) is 4.70.